The number of aromatic nitrogens is 2. The summed E-state index contributed by atoms with van der Waals surface area (Å²) < 4.78 is 5.27. The number of nitrogens with zero attached hydrogens (tertiary/aromatic N) is 2. The third-order valence-corrected chi connectivity index (χ3v) is 6.17. The van der Waals surface area contributed by atoms with E-state index in [1.54, 1.807) is 22.7 Å². The van der Waals surface area contributed by atoms with Gasteiger partial charge < -0.3 is 9.84 Å². The number of hydrogen-bond donors (Lipinski definition) is 1. The minimum atomic E-state index is -0.214. The minimum absolute atomic E-state index is 0.0794. The van der Waals surface area contributed by atoms with Gasteiger partial charge in [0.2, 0.25) is 17.6 Å². The van der Waals surface area contributed by atoms with Crippen molar-refractivity contribution in [2.75, 3.05) is 0 Å². The van der Waals surface area contributed by atoms with Crippen LogP contribution >= 0.6 is 34.3 Å². The molecular weight excluding hydrogens is 414 g/mol. The highest BCUT2D eigenvalue weighted by Gasteiger charge is 2.19. The predicted octanol–water partition coefficient (Wildman–Crippen LogP) is 5.35. The maximum Gasteiger partial charge on any atom is 0.227 e. The summed E-state index contributed by atoms with van der Waals surface area (Å²) in [6.07, 6.45) is 0.656. The molecule has 4 rings (SSSR count). The number of nitrogens with one attached hydrogen (secondary N) is 1. The molecule has 3 heterocycles. The molecular formula is C20H16ClN3O2S2. The van der Waals surface area contributed by atoms with Gasteiger partial charge in [-0.3, -0.25) is 4.79 Å². The number of halogens is 1. The Balaban J connectivity index is 1.41. The van der Waals surface area contributed by atoms with Gasteiger partial charge in [0.25, 0.3) is 0 Å². The van der Waals surface area contributed by atoms with Crippen LogP contribution in [0.2, 0.25) is 5.02 Å². The van der Waals surface area contributed by atoms with Crippen LogP contribution in [-0.4, -0.2) is 16.0 Å². The highest BCUT2D eigenvalue weighted by atomic mass is 35.5. The number of hydrogen-bond acceptors (Lipinski definition) is 6. The molecule has 1 atom stereocenters. The Morgan fingerprint density at radius 2 is 1.89 bits per heavy atom. The molecule has 5 nitrogen and oxygen atoms in total. The third kappa shape index (κ3) is 4.49. The first kappa shape index (κ1) is 18.9. The first-order valence-electron chi connectivity index (χ1n) is 8.64. The van der Waals surface area contributed by atoms with Crippen LogP contribution in [0.25, 0.3) is 10.7 Å². The Hall–Kier alpha value is -2.48. The smallest absolute Gasteiger partial charge is 0.227 e. The molecule has 1 N–H and O–H groups in total. The van der Waals surface area contributed by atoms with Crippen LogP contribution in [0.5, 0.6) is 0 Å². The third-order valence-electron chi connectivity index (χ3n) is 4.11. The second-order valence-corrected chi connectivity index (χ2v) is 8.42. The molecule has 0 bridgehead atoms. The second kappa shape index (κ2) is 8.68. The number of benzene rings is 1. The lowest BCUT2D eigenvalue weighted by atomic mass is 10.1. The van der Waals surface area contributed by atoms with E-state index in [0.717, 1.165) is 15.3 Å². The van der Waals surface area contributed by atoms with Crippen LogP contribution in [0, 0.1) is 0 Å². The van der Waals surface area contributed by atoms with Crippen LogP contribution in [0.4, 0.5) is 0 Å². The molecule has 0 radical (unpaired) electrons. The lowest BCUT2D eigenvalue weighted by Gasteiger charge is -2.18. The highest BCUT2D eigenvalue weighted by molar-refractivity contribution is 7.13. The van der Waals surface area contributed by atoms with E-state index in [1.165, 1.54) is 0 Å². The molecule has 0 spiro atoms. The maximum absolute atomic E-state index is 12.6. The first-order valence-corrected chi connectivity index (χ1v) is 10.8. The van der Waals surface area contributed by atoms with E-state index >= 15 is 0 Å². The van der Waals surface area contributed by atoms with Gasteiger partial charge in [-0.2, -0.15) is 4.98 Å². The van der Waals surface area contributed by atoms with Gasteiger partial charge in [-0.1, -0.05) is 41.0 Å². The van der Waals surface area contributed by atoms with E-state index in [9.17, 15) is 4.79 Å². The SMILES string of the molecule is O=C(CCc1nc(-c2cccs2)no1)NC(c1ccc(Cl)cc1)c1cccs1. The van der Waals surface area contributed by atoms with Crippen molar-refractivity contribution in [1.82, 2.24) is 15.5 Å². The van der Waals surface area contributed by atoms with Crippen molar-refractivity contribution in [3.8, 4) is 10.7 Å². The van der Waals surface area contributed by atoms with Gasteiger partial charge in [-0.25, -0.2) is 0 Å². The summed E-state index contributed by atoms with van der Waals surface area (Å²) in [6, 6.07) is 15.2. The van der Waals surface area contributed by atoms with E-state index in [-0.39, 0.29) is 18.4 Å². The van der Waals surface area contributed by atoms with Gasteiger partial charge in [0.15, 0.2) is 0 Å². The number of aryl methyl sites for hydroxylation is 1. The Morgan fingerprint density at radius 3 is 2.61 bits per heavy atom. The Kier molecular flexibility index (Phi) is 5.85. The Morgan fingerprint density at radius 1 is 1.11 bits per heavy atom. The molecule has 8 heteroatoms. The van der Waals surface area contributed by atoms with Crippen LogP contribution < -0.4 is 5.32 Å². The normalized spacial score (nSPS) is 12.0. The van der Waals surface area contributed by atoms with Crippen molar-refractivity contribution >= 4 is 40.2 Å². The summed E-state index contributed by atoms with van der Waals surface area (Å²) in [4.78, 5) is 18.9. The van der Waals surface area contributed by atoms with Gasteiger partial charge in [0.1, 0.15) is 0 Å². The fraction of sp³-hybridized carbons (Fsp3) is 0.150. The fourth-order valence-electron chi connectivity index (χ4n) is 2.75. The van der Waals surface area contributed by atoms with Crippen LogP contribution in [0.1, 0.15) is 28.8 Å². The number of carbonyl (C=O) groups is 1. The van der Waals surface area contributed by atoms with Gasteiger partial charge in [-0.05, 0) is 40.6 Å². The summed E-state index contributed by atoms with van der Waals surface area (Å²) in [5.74, 6) is 0.935. The molecule has 4 aromatic rings. The Bertz CT molecular complexity index is 1030. The van der Waals surface area contributed by atoms with Crippen molar-refractivity contribution in [3.05, 3.63) is 80.6 Å². The zero-order valence-electron chi connectivity index (χ0n) is 14.7. The molecule has 3 aromatic heterocycles. The zero-order valence-corrected chi connectivity index (χ0v) is 17.1. The van der Waals surface area contributed by atoms with E-state index in [0.29, 0.717) is 23.2 Å². The molecule has 1 aromatic carbocycles. The minimum Gasteiger partial charge on any atom is -0.344 e. The van der Waals surface area contributed by atoms with E-state index < -0.39 is 0 Å². The fourth-order valence-corrected chi connectivity index (χ4v) is 4.32. The van der Waals surface area contributed by atoms with Crippen molar-refractivity contribution in [2.24, 2.45) is 0 Å². The molecule has 1 amide bonds. The molecule has 0 aliphatic rings. The largest absolute Gasteiger partial charge is 0.344 e. The van der Waals surface area contributed by atoms with Crippen molar-refractivity contribution in [2.45, 2.75) is 18.9 Å². The predicted molar refractivity (Wildman–Crippen MR) is 112 cm³/mol. The molecule has 0 fully saturated rings. The molecule has 0 saturated carbocycles. The quantitative estimate of drug-likeness (QED) is 0.430. The lowest BCUT2D eigenvalue weighted by molar-refractivity contribution is -0.121. The molecule has 0 aliphatic heterocycles. The van der Waals surface area contributed by atoms with Crippen molar-refractivity contribution < 1.29 is 9.32 Å². The monoisotopic (exact) mass is 429 g/mol. The summed E-state index contributed by atoms with van der Waals surface area (Å²) in [5.41, 5.74) is 0.984. The van der Waals surface area contributed by atoms with Crippen LogP contribution in [-0.2, 0) is 11.2 Å². The number of thiophene rings is 2. The summed E-state index contributed by atoms with van der Waals surface area (Å²) >= 11 is 9.14. The molecule has 28 heavy (non-hydrogen) atoms. The number of amides is 1. The van der Waals surface area contributed by atoms with E-state index in [2.05, 4.69) is 15.5 Å². The summed E-state index contributed by atoms with van der Waals surface area (Å²) in [5, 5.41) is 11.7. The van der Waals surface area contributed by atoms with Crippen LogP contribution in [0.3, 0.4) is 0 Å². The summed E-state index contributed by atoms with van der Waals surface area (Å²) in [6.45, 7) is 0. The molecule has 0 aliphatic carbocycles. The molecule has 1 unspecified atom stereocenters. The van der Waals surface area contributed by atoms with Gasteiger partial charge >= 0.3 is 0 Å². The number of carbonyl (C=O) groups excluding carboxylic acids is 1. The topological polar surface area (TPSA) is 68.0 Å². The van der Waals surface area contributed by atoms with Crippen molar-refractivity contribution in [3.63, 3.8) is 0 Å². The van der Waals surface area contributed by atoms with E-state index in [1.807, 2.05) is 59.3 Å². The Labute approximate surface area is 175 Å². The second-order valence-electron chi connectivity index (χ2n) is 6.06. The average molecular weight is 430 g/mol. The average Bonchev–Trinajstić information content (AvgIpc) is 3.47. The maximum atomic E-state index is 12.6. The van der Waals surface area contributed by atoms with E-state index in [4.69, 9.17) is 16.1 Å². The van der Waals surface area contributed by atoms with Gasteiger partial charge in [0.05, 0.1) is 10.9 Å². The molecule has 142 valence electrons. The molecule has 0 saturated heterocycles. The number of rotatable bonds is 7. The highest BCUT2D eigenvalue weighted by Crippen LogP contribution is 2.27. The lowest BCUT2D eigenvalue weighted by Crippen LogP contribution is -2.29. The van der Waals surface area contributed by atoms with Gasteiger partial charge in [-0.15, -0.1) is 22.7 Å². The van der Waals surface area contributed by atoms with Crippen LogP contribution in [0.15, 0.2) is 63.8 Å². The first-order chi connectivity index (χ1) is 13.7. The van der Waals surface area contributed by atoms with Gasteiger partial charge in [0, 0.05) is 22.7 Å². The van der Waals surface area contributed by atoms with Crippen molar-refractivity contribution in [1.29, 1.82) is 0 Å². The summed E-state index contributed by atoms with van der Waals surface area (Å²) in [7, 11) is 0. The zero-order chi connectivity index (χ0) is 19.3. The standard InChI is InChI=1S/C20H16ClN3O2S2/c21-14-7-5-13(6-8-14)19(15-3-1-11-27-15)22-17(25)9-10-18-23-20(24-26-18)16-4-2-12-28-16/h1-8,11-12,19H,9-10H2,(H,22,25).